The van der Waals surface area contributed by atoms with Crippen molar-refractivity contribution in [2.75, 3.05) is 6.54 Å². The average Bonchev–Trinajstić information content (AvgIpc) is 1.86. The Balaban J connectivity index is 2.55. The molecular formula is C9H19NO. The lowest BCUT2D eigenvalue weighted by atomic mass is 10.00. The van der Waals surface area contributed by atoms with Gasteiger partial charge < -0.3 is 5.11 Å². The van der Waals surface area contributed by atoms with E-state index in [0.29, 0.717) is 0 Å². The highest BCUT2D eigenvalue weighted by atomic mass is 16.3. The normalized spacial score (nSPS) is 28.9. The molecule has 1 aliphatic rings. The van der Waals surface area contributed by atoms with Crippen molar-refractivity contribution >= 4 is 0 Å². The fourth-order valence-corrected chi connectivity index (χ4v) is 1.70. The van der Waals surface area contributed by atoms with Crippen molar-refractivity contribution in [3.63, 3.8) is 0 Å². The third-order valence-electron chi connectivity index (χ3n) is 2.33. The summed E-state index contributed by atoms with van der Waals surface area (Å²) in [5.41, 5.74) is 0.125. The van der Waals surface area contributed by atoms with Crippen LogP contribution in [0.2, 0.25) is 0 Å². The van der Waals surface area contributed by atoms with Crippen LogP contribution in [0.4, 0.5) is 0 Å². The topological polar surface area (TPSA) is 23.5 Å². The Bertz CT molecular complexity index is 128. The standard InChI is InChI=1S/C9H19NO/c1-9(2,3)10-7-5-4-6-8(10)11/h8,11H,4-7H2,1-3H3. The number of piperidine rings is 1. The van der Waals surface area contributed by atoms with Gasteiger partial charge in [0.25, 0.3) is 0 Å². The van der Waals surface area contributed by atoms with Gasteiger partial charge in [-0.25, -0.2) is 0 Å². The molecule has 0 aromatic rings. The maximum Gasteiger partial charge on any atom is 0.107 e. The number of aliphatic hydroxyl groups is 1. The van der Waals surface area contributed by atoms with E-state index in [1.54, 1.807) is 0 Å². The minimum absolute atomic E-state index is 0.125. The molecule has 1 unspecified atom stereocenters. The van der Waals surface area contributed by atoms with Crippen molar-refractivity contribution in [3.05, 3.63) is 0 Å². The Kier molecular flexibility index (Phi) is 2.55. The van der Waals surface area contributed by atoms with Gasteiger partial charge >= 0.3 is 0 Å². The molecular weight excluding hydrogens is 138 g/mol. The molecule has 66 valence electrons. The highest BCUT2D eigenvalue weighted by Crippen LogP contribution is 2.23. The van der Waals surface area contributed by atoms with Crippen LogP contribution < -0.4 is 0 Å². The molecule has 2 heteroatoms. The monoisotopic (exact) mass is 157 g/mol. The van der Waals surface area contributed by atoms with Crippen LogP contribution in [0.1, 0.15) is 40.0 Å². The first-order valence-corrected chi connectivity index (χ1v) is 4.46. The van der Waals surface area contributed by atoms with Crippen LogP contribution in [0.15, 0.2) is 0 Å². The lowest BCUT2D eigenvalue weighted by Crippen LogP contribution is -2.50. The Morgan fingerprint density at radius 2 is 1.91 bits per heavy atom. The quantitative estimate of drug-likeness (QED) is 0.577. The van der Waals surface area contributed by atoms with Gasteiger partial charge in [0, 0.05) is 12.1 Å². The van der Waals surface area contributed by atoms with Gasteiger partial charge in [-0.05, 0) is 40.0 Å². The van der Waals surface area contributed by atoms with Crippen LogP contribution in [0.25, 0.3) is 0 Å². The third-order valence-corrected chi connectivity index (χ3v) is 2.33. The van der Waals surface area contributed by atoms with Crippen molar-refractivity contribution in [3.8, 4) is 0 Å². The number of hydrogen-bond acceptors (Lipinski definition) is 2. The van der Waals surface area contributed by atoms with Crippen molar-refractivity contribution < 1.29 is 5.11 Å². The minimum atomic E-state index is -0.205. The predicted molar refractivity (Wildman–Crippen MR) is 46.3 cm³/mol. The van der Waals surface area contributed by atoms with Crippen molar-refractivity contribution in [2.45, 2.75) is 51.8 Å². The molecule has 0 amide bonds. The first kappa shape index (κ1) is 9.01. The molecule has 0 aromatic heterocycles. The van der Waals surface area contributed by atoms with Gasteiger partial charge in [-0.15, -0.1) is 0 Å². The third kappa shape index (κ3) is 2.17. The fraction of sp³-hybridized carbons (Fsp3) is 1.00. The van der Waals surface area contributed by atoms with E-state index >= 15 is 0 Å². The molecule has 1 aliphatic heterocycles. The van der Waals surface area contributed by atoms with Crippen LogP contribution in [-0.4, -0.2) is 28.3 Å². The fourth-order valence-electron chi connectivity index (χ4n) is 1.70. The molecule has 11 heavy (non-hydrogen) atoms. The van der Waals surface area contributed by atoms with E-state index in [2.05, 4.69) is 25.7 Å². The van der Waals surface area contributed by atoms with Crippen molar-refractivity contribution in [2.24, 2.45) is 0 Å². The number of likely N-dealkylation sites (tertiary alicyclic amines) is 1. The SMILES string of the molecule is CC(C)(C)N1CCCCC1O. The zero-order valence-electron chi connectivity index (χ0n) is 7.80. The summed E-state index contributed by atoms with van der Waals surface area (Å²) >= 11 is 0. The van der Waals surface area contributed by atoms with E-state index in [-0.39, 0.29) is 11.8 Å². The highest BCUT2D eigenvalue weighted by molar-refractivity contribution is 4.80. The van der Waals surface area contributed by atoms with Gasteiger partial charge in [-0.1, -0.05) is 0 Å². The van der Waals surface area contributed by atoms with Crippen LogP contribution >= 0.6 is 0 Å². The second-order valence-corrected chi connectivity index (χ2v) is 4.34. The van der Waals surface area contributed by atoms with E-state index in [0.717, 1.165) is 13.0 Å². The number of aliphatic hydroxyl groups excluding tert-OH is 1. The van der Waals surface area contributed by atoms with Crippen LogP contribution in [0.3, 0.4) is 0 Å². The van der Waals surface area contributed by atoms with Crippen LogP contribution in [0, 0.1) is 0 Å². The Hall–Kier alpha value is -0.0800. The zero-order chi connectivity index (χ0) is 8.48. The maximum atomic E-state index is 9.63. The summed E-state index contributed by atoms with van der Waals surface area (Å²) in [7, 11) is 0. The number of nitrogens with zero attached hydrogens (tertiary/aromatic N) is 1. The van der Waals surface area contributed by atoms with Crippen LogP contribution in [-0.2, 0) is 0 Å². The lowest BCUT2D eigenvalue weighted by Gasteiger charge is -2.41. The Morgan fingerprint density at radius 1 is 1.27 bits per heavy atom. The first-order chi connectivity index (χ1) is 5.02. The molecule has 0 saturated carbocycles. The molecule has 0 spiro atoms. The van der Waals surface area contributed by atoms with Gasteiger partial charge in [-0.2, -0.15) is 0 Å². The smallest absolute Gasteiger partial charge is 0.107 e. The van der Waals surface area contributed by atoms with Gasteiger partial charge in [0.2, 0.25) is 0 Å². The second kappa shape index (κ2) is 3.11. The summed E-state index contributed by atoms with van der Waals surface area (Å²) in [5.74, 6) is 0. The van der Waals surface area contributed by atoms with Crippen LogP contribution in [0.5, 0.6) is 0 Å². The summed E-state index contributed by atoms with van der Waals surface area (Å²) in [4.78, 5) is 2.18. The lowest BCUT2D eigenvalue weighted by molar-refractivity contribution is -0.0732. The van der Waals surface area contributed by atoms with E-state index in [1.165, 1.54) is 12.8 Å². The minimum Gasteiger partial charge on any atom is -0.378 e. The van der Waals surface area contributed by atoms with E-state index in [4.69, 9.17) is 0 Å². The summed E-state index contributed by atoms with van der Waals surface area (Å²) in [5, 5.41) is 9.63. The largest absolute Gasteiger partial charge is 0.378 e. The molecule has 1 N–H and O–H groups in total. The summed E-state index contributed by atoms with van der Waals surface area (Å²) in [6.45, 7) is 7.51. The molecule has 1 atom stereocenters. The molecule has 0 aromatic carbocycles. The maximum absolute atomic E-state index is 9.63. The predicted octanol–water partition coefficient (Wildman–Crippen LogP) is 1.59. The van der Waals surface area contributed by atoms with E-state index in [9.17, 15) is 5.11 Å². The molecule has 0 radical (unpaired) electrons. The molecule has 0 aliphatic carbocycles. The Labute approximate surface area is 69.2 Å². The van der Waals surface area contributed by atoms with Gasteiger partial charge in [0.05, 0.1) is 0 Å². The van der Waals surface area contributed by atoms with E-state index in [1.807, 2.05) is 0 Å². The van der Waals surface area contributed by atoms with Crippen molar-refractivity contribution in [1.29, 1.82) is 0 Å². The zero-order valence-corrected chi connectivity index (χ0v) is 7.80. The summed E-state index contributed by atoms with van der Waals surface area (Å²) < 4.78 is 0. The first-order valence-electron chi connectivity index (χ1n) is 4.46. The van der Waals surface area contributed by atoms with Gasteiger partial charge in [0.1, 0.15) is 6.23 Å². The summed E-state index contributed by atoms with van der Waals surface area (Å²) in [6.07, 6.45) is 3.14. The second-order valence-electron chi connectivity index (χ2n) is 4.34. The molecule has 1 saturated heterocycles. The van der Waals surface area contributed by atoms with Crippen molar-refractivity contribution in [1.82, 2.24) is 4.90 Å². The average molecular weight is 157 g/mol. The summed E-state index contributed by atoms with van der Waals surface area (Å²) in [6, 6.07) is 0. The van der Waals surface area contributed by atoms with Gasteiger partial charge in [0.15, 0.2) is 0 Å². The Morgan fingerprint density at radius 3 is 2.27 bits per heavy atom. The molecule has 0 bridgehead atoms. The molecule has 1 rings (SSSR count). The number of hydrogen-bond donors (Lipinski definition) is 1. The molecule has 1 heterocycles. The molecule has 1 fully saturated rings. The highest BCUT2D eigenvalue weighted by Gasteiger charge is 2.29. The van der Waals surface area contributed by atoms with E-state index < -0.39 is 0 Å². The molecule has 2 nitrogen and oxygen atoms in total. The number of rotatable bonds is 0. The van der Waals surface area contributed by atoms with Gasteiger partial charge in [-0.3, -0.25) is 4.90 Å².